The van der Waals surface area contributed by atoms with Crippen molar-refractivity contribution in [3.8, 4) is 5.75 Å². The number of nitrogens with zero attached hydrogens (tertiary/aromatic N) is 2. The molecule has 2 amide bonds. The van der Waals surface area contributed by atoms with Crippen molar-refractivity contribution in [2.45, 2.75) is 12.1 Å². The lowest BCUT2D eigenvalue weighted by Gasteiger charge is -2.15. The van der Waals surface area contributed by atoms with Gasteiger partial charge in [-0.3, -0.25) is 14.5 Å². The van der Waals surface area contributed by atoms with Crippen molar-refractivity contribution in [1.82, 2.24) is 4.90 Å². The molecular formula is C12H12N2O3. The summed E-state index contributed by atoms with van der Waals surface area (Å²) in [5.74, 6) is 0.530. The predicted molar refractivity (Wildman–Crippen MR) is 60.8 cm³/mol. The molecule has 0 radical (unpaired) electrons. The number of carbonyl (C=O) groups excluding carboxylic acids is 2. The van der Waals surface area contributed by atoms with Gasteiger partial charge in [0.05, 0.1) is 7.11 Å². The molecule has 0 spiro atoms. The third-order valence-electron chi connectivity index (χ3n) is 3.35. The number of fused-ring (bicyclic) bond motifs is 1. The molecule has 0 aromatic heterocycles. The molecule has 2 atom stereocenters. The van der Waals surface area contributed by atoms with Crippen molar-refractivity contribution in [3.05, 3.63) is 24.3 Å². The summed E-state index contributed by atoms with van der Waals surface area (Å²) in [6.07, 6.45) is 0. The minimum atomic E-state index is -0.291. The number of amides is 2. The monoisotopic (exact) mass is 232 g/mol. The lowest BCUT2D eigenvalue weighted by atomic mass is 10.3. The van der Waals surface area contributed by atoms with E-state index < -0.39 is 0 Å². The molecule has 0 bridgehead atoms. The van der Waals surface area contributed by atoms with Crippen LogP contribution < -0.4 is 9.64 Å². The molecule has 0 aliphatic carbocycles. The average Bonchev–Trinajstić information content (AvgIpc) is 3.06. The molecule has 2 aliphatic heterocycles. The van der Waals surface area contributed by atoms with Crippen LogP contribution in [0, 0.1) is 0 Å². The molecule has 2 fully saturated rings. The van der Waals surface area contributed by atoms with E-state index in [9.17, 15) is 9.59 Å². The Bertz CT molecular complexity index is 475. The van der Waals surface area contributed by atoms with Gasteiger partial charge >= 0.3 is 0 Å². The summed E-state index contributed by atoms with van der Waals surface area (Å²) < 4.78 is 5.06. The first-order valence-electron chi connectivity index (χ1n) is 5.39. The van der Waals surface area contributed by atoms with Crippen molar-refractivity contribution in [2.75, 3.05) is 19.1 Å². The van der Waals surface area contributed by atoms with Gasteiger partial charge < -0.3 is 9.64 Å². The molecule has 1 aromatic carbocycles. The third-order valence-corrected chi connectivity index (χ3v) is 3.35. The molecular weight excluding hydrogens is 220 g/mol. The van der Waals surface area contributed by atoms with Crippen molar-refractivity contribution in [3.63, 3.8) is 0 Å². The van der Waals surface area contributed by atoms with E-state index in [0.717, 1.165) is 11.4 Å². The Hall–Kier alpha value is -2.04. The van der Waals surface area contributed by atoms with Gasteiger partial charge in [-0.1, -0.05) is 0 Å². The summed E-state index contributed by atoms with van der Waals surface area (Å²) in [7, 11) is 3.13. The summed E-state index contributed by atoms with van der Waals surface area (Å²) in [5.41, 5.74) is 0.885. The fourth-order valence-electron chi connectivity index (χ4n) is 2.32. The minimum absolute atomic E-state index is 0.115. The van der Waals surface area contributed by atoms with Crippen molar-refractivity contribution in [1.29, 1.82) is 0 Å². The number of rotatable bonds is 2. The predicted octanol–water partition coefficient (Wildman–Crippen LogP) is 0.251. The van der Waals surface area contributed by atoms with E-state index in [1.54, 1.807) is 7.11 Å². The minimum Gasteiger partial charge on any atom is -0.497 e. The Morgan fingerprint density at radius 2 is 1.59 bits per heavy atom. The van der Waals surface area contributed by atoms with Crippen LogP contribution >= 0.6 is 0 Å². The van der Waals surface area contributed by atoms with Gasteiger partial charge in [0.15, 0.2) is 0 Å². The van der Waals surface area contributed by atoms with E-state index in [0.29, 0.717) is 0 Å². The van der Waals surface area contributed by atoms with Crippen LogP contribution in [0.1, 0.15) is 0 Å². The Morgan fingerprint density at radius 3 is 2.06 bits per heavy atom. The highest BCUT2D eigenvalue weighted by Crippen LogP contribution is 2.41. The summed E-state index contributed by atoms with van der Waals surface area (Å²) in [5, 5.41) is 0. The fraction of sp³-hybridized carbons (Fsp3) is 0.333. The number of hydrogen-bond donors (Lipinski definition) is 0. The first kappa shape index (κ1) is 10.1. The summed E-state index contributed by atoms with van der Waals surface area (Å²) in [6, 6.07) is 6.78. The molecule has 0 N–H and O–H groups in total. The number of likely N-dealkylation sites (N-methyl/N-ethyl adjacent to an activating group) is 1. The summed E-state index contributed by atoms with van der Waals surface area (Å²) >= 11 is 0. The van der Waals surface area contributed by atoms with Crippen LogP contribution in [0.25, 0.3) is 0 Å². The number of ether oxygens (including phenoxy) is 1. The normalized spacial score (nSPS) is 26.2. The molecule has 0 saturated carbocycles. The second-order valence-electron chi connectivity index (χ2n) is 4.23. The van der Waals surface area contributed by atoms with Crippen LogP contribution in [0.2, 0.25) is 0 Å². The van der Waals surface area contributed by atoms with Crippen molar-refractivity contribution >= 4 is 17.5 Å². The highest BCUT2D eigenvalue weighted by molar-refractivity contribution is 6.18. The fourth-order valence-corrected chi connectivity index (χ4v) is 2.32. The summed E-state index contributed by atoms with van der Waals surface area (Å²) in [6.45, 7) is 0. The van der Waals surface area contributed by atoms with E-state index >= 15 is 0 Å². The first-order valence-corrected chi connectivity index (χ1v) is 5.39. The van der Waals surface area contributed by atoms with Crippen molar-refractivity contribution < 1.29 is 14.3 Å². The van der Waals surface area contributed by atoms with Crippen LogP contribution in [0.15, 0.2) is 24.3 Å². The van der Waals surface area contributed by atoms with Gasteiger partial charge in [-0.15, -0.1) is 0 Å². The number of likely N-dealkylation sites (tertiary alicyclic amines) is 1. The number of hydrogen-bond acceptors (Lipinski definition) is 4. The number of methoxy groups -OCH3 is 1. The lowest BCUT2D eigenvalue weighted by Crippen LogP contribution is -2.35. The van der Waals surface area contributed by atoms with E-state index in [4.69, 9.17) is 4.74 Å². The third kappa shape index (κ3) is 1.25. The van der Waals surface area contributed by atoms with Gasteiger partial charge in [-0.2, -0.15) is 0 Å². The molecule has 3 rings (SSSR count). The second kappa shape index (κ2) is 3.23. The van der Waals surface area contributed by atoms with Crippen LogP contribution in [-0.4, -0.2) is 43.0 Å². The molecule has 2 saturated heterocycles. The SMILES string of the molecule is COc1ccc(N2C3C(=O)N(C)C(=O)C32)cc1. The van der Waals surface area contributed by atoms with Crippen LogP contribution in [0.4, 0.5) is 5.69 Å². The number of carbonyl (C=O) groups is 2. The second-order valence-corrected chi connectivity index (χ2v) is 4.23. The van der Waals surface area contributed by atoms with Gasteiger partial charge in [-0.25, -0.2) is 0 Å². The van der Waals surface area contributed by atoms with Gasteiger partial charge in [0.1, 0.15) is 17.8 Å². The number of anilines is 1. The number of imide groups is 1. The van der Waals surface area contributed by atoms with Gasteiger partial charge in [0, 0.05) is 12.7 Å². The standard InChI is InChI=1S/C12H12N2O3/c1-13-11(15)9-10(12(13)16)14(9)7-3-5-8(17-2)6-4-7/h3-6,9-10H,1-2H3. The largest absolute Gasteiger partial charge is 0.497 e. The van der Waals surface area contributed by atoms with Crippen LogP contribution in [0.3, 0.4) is 0 Å². The average molecular weight is 232 g/mol. The van der Waals surface area contributed by atoms with E-state index in [1.165, 1.54) is 11.9 Å². The highest BCUT2D eigenvalue weighted by Gasteiger charge is 2.65. The smallest absolute Gasteiger partial charge is 0.254 e. The van der Waals surface area contributed by atoms with Gasteiger partial charge in [-0.05, 0) is 24.3 Å². The highest BCUT2D eigenvalue weighted by atomic mass is 16.5. The topological polar surface area (TPSA) is 49.6 Å². The maximum atomic E-state index is 11.7. The van der Waals surface area contributed by atoms with E-state index in [1.807, 2.05) is 29.2 Å². The molecule has 5 heteroatoms. The zero-order valence-electron chi connectivity index (χ0n) is 9.58. The first-order chi connectivity index (χ1) is 8.15. The Labute approximate surface area is 98.6 Å². The quantitative estimate of drug-likeness (QED) is 0.542. The molecule has 2 aliphatic rings. The molecule has 2 heterocycles. The van der Waals surface area contributed by atoms with Gasteiger partial charge in [0.25, 0.3) is 11.8 Å². The van der Waals surface area contributed by atoms with Crippen LogP contribution in [0.5, 0.6) is 5.75 Å². The Kier molecular flexibility index (Phi) is 1.92. The summed E-state index contributed by atoms with van der Waals surface area (Å²) in [4.78, 5) is 26.4. The number of piperazine rings is 1. The van der Waals surface area contributed by atoms with E-state index in [-0.39, 0.29) is 23.9 Å². The van der Waals surface area contributed by atoms with Gasteiger partial charge in [0.2, 0.25) is 0 Å². The maximum absolute atomic E-state index is 11.7. The lowest BCUT2D eigenvalue weighted by molar-refractivity contribution is -0.138. The Morgan fingerprint density at radius 1 is 1.06 bits per heavy atom. The zero-order valence-corrected chi connectivity index (χ0v) is 9.58. The van der Waals surface area contributed by atoms with Crippen LogP contribution in [-0.2, 0) is 9.59 Å². The Balaban J connectivity index is 1.85. The van der Waals surface area contributed by atoms with E-state index in [2.05, 4.69) is 0 Å². The molecule has 88 valence electrons. The molecule has 17 heavy (non-hydrogen) atoms. The molecule has 5 nitrogen and oxygen atoms in total. The van der Waals surface area contributed by atoms with Crippen molar-refractivity contribution in [2.24, 2.45) is 0 Å². The maximum Gasteiger partial charge on any atom is 0.254 e. The molecule has 2 unspecified atom stereocenters. The number of benzene rings is 1. The zero-order chi connectivity index (χ0) is 12.2. The molecule has 1 aromatic rings.